The highest BCUT2D eigenvalue weighted by molar-refractivity contribution is 5.15. The predicted molar refractivity (Wildman–Crippen MR) is 84.9 cm³/mol. The van der Waals surface area contributed by atoms with Crippen molar-refractivity contribution in [3.8, 4) is 0 Å². The van der Waals surface area contributed by atoms with Gasteiger partial charge in [-0.15, -0.1) is 0 Å². The van der Waals surface area contributed by atoms with Crippen LogP contribution >= 0.6 is 0 Å². The number of hydrogen-bond acceptors (Lipinski definition) is 2. The van der Waals surface area contributed by atoms with Gasteiger partial charge in [-0.25, -0.2) is 0 Å². The first-order valence-corrected chi connectivity index (χ1v) is 8.06. The summed E-state index contributed by atoms with van der Waals surface area (Å²) in [7, 11) is 0. The minimum absolute atomic E-state index is 0.361. The molecule has 0 spiro atoms. The first-order chi connectivity index (χ1) is 9.63. The van der Waals surface area contributed by atoms with Crippen LogP contribution in [0, 0.1) is 11.8 Å². The molecule has 1 aromatic carbocycles. The molecule has 20 heavy (non-hydrogen) atoms. The summed E-state index contributed by atoms with van der Waals surface area (Å²) in [6.45, 7) is 10.0. The highest BCUT2D eigenvalue weighted by Gasteiger charge is 2.40. The Morgan fingerprint density at radius 2 is 1.80 bits per heavy atom. The Morgan fingerprint density at radius 1 is 1.10 bits per heavy atom. The van der Waals surface area contributed by atoms with Crippen LogP contribution < -0.4 is 5.32 Å². The van der Waals surface area contributed by atoms with Gasteiger partial charge in [0.25, 0.3) is 0 Å². The summed E-state index contributed by atoms with van der Waals surface area (Å²) in [5, 5.41) is 3.70. The van der Waals surface area contributed by atoms with E-state index in [1.807, 2.05) is 0 Å². The molecule has 1 aliphatic rings. The van der Waals surface area contributed by atoms with Gasteiger partial charge in [0, 0.05) is 12.0 Å². The maximum Gasteiger partial charge on any atom is 0.0597 e. The minimum Gasteiger partial charge on any atom is -0.375 e. The van der Waals surface area contributed by atoms with Crippen molar-refractivity contribution in [1.82, 2.24) is 5.32 Å². The third-order valence-electron chi connectivity index (χ3n) is 4.84. The summed E-state index contributed by atoms with van der Waals surface area (Å²) < 4.78 is 6.03. The van der Waals surface area contributed by atoms with E-state index in [-0.39, 0.29) is 0 Å². The Balaban J connectivity index is 2.00. The van der Waals surface area contributed by atoms with Gasteiger partial charge in [0.1, 0.15) is 0 Å². The van der Waals surface area contributed by atoms with E-state index < -0.39 is 0 Å². The normalized spacial score (nSPS) is 31.4. The zero-order chi connectivity index (χ0) is 14.5. The Bertz CT molecular complexity index is 392. The van der Waals surface area contributed by atoms with Crippen LogP contribution in [-0.4, -0.2) is 24.8 Å². The van der Waals surface area contributed by atoms with Crippen molar-refractivity contribution >= 4 is 0 Å². The second-order valence-corrected chi connectivity index (χ2v) is 6.17. The summed E-state index contributed by atoms with van der Waals surface area (Å²) in [4.78, 5) is 0. The molecular formula is C18H29NO. The van der Waals surface area contributed by atoms with Gasteiger partial charge in [0.2, 0.25) is 0 Å². The van der Waals surface area contributed by atoms with Crippen molar-refractivity contribution < 1.29 is 4.74 Å². The van der Waals surface area contributed by atoms with Crippen molar-refractivity contribution in [2.24, 2.45) is 11.8 Å². The number of nitrogens with one attached hydrogen (secondary N) is 1. The molecule has 2 nitrogen and oxygen atoms in total. The highest BCUT2D eigenvalue weighted by Crippen LogP contribution is 2.35. The number of hydrogen-bond donors (Lipinski definition) is 1. The predicted octanol–water partition coefficient (Wildman–Crippen LogP) is 3.66. The maximum absolute atomic E-state index is 6.03. The molecule has 1 saturated heterocycles. The van der Waals surface area contributed by atoms with Gasteiger partial charge in [-0.1, -0.05) is 44.2 Å². The molecule has 0 aliphatic carbocycles. The fourth-order valence-electron chi connectivity index (χ4n) is 3.65. The molecule has 1 aromatic rings. The van der Waals surface area contributed by atoms with Crippen LogP contribution in [0.1, 0.15) is 39.7 Å². The molecular weight excluding hydrogens is 246 g/mol. The Hall–Kier alpha value is -0.860. The second kappa shape index (κ2) is 7.24. The van der Waals surface area contributed by atoms with Gasteiger partial charge in [0.15, 0.2) is 0 Å². The fourth-order valence-corrected chi connectivity index (χ4v) is 3.65. The third-order valence-corrected chi connectivity index (χ3v) is 4.84. The van der Waals surface area contributed by atoms with E-state index in [0.29, 0.717) is 30.1 Å². The van der Waals surface area contributed by atoms with Crippen LogP contribution in [0.25, 0.3) is 0 Å². The van der Waals surface area contributed by atoms with E-state index in [9.17, 15) is 0 Å². The molecule has 1 heterocycles. The zero-order valence-electron chi connectivity index (χ0n) is 13.3. The molecule has 0 radical (unpaired) electrons. The van der Waals surface area contributed by atoms with Crippen LogP contribution in [0.2, 0.25) is 0 Å². The second-order valence-electron chi connectivity index (χ2n) is 6.17. The lowest BCUT2D eigenvalue weighted by Gasteiger charge is -2.29. The smallest absolute Gasteiger partial charge is 0.0597 e. The Morgan fingerprint density at radius 3 is 2.35 bits per heavy atom. The van der Waals surface area contributed by atoms with Crippen LogP contribution in [0.3, 0.4) is 0 Å². The average molecular weight is 275 g/mol. The molecule has 0 aromatic heterocycles. The largest absolute Gasteiger partial charge is 0.375 e. The molecule has 2 rings (SSSR count). The standard InChI is InChI=1S/C18H29NO/c1-5-19-17(12-11-16-9-7-6-8-10-16)18-13(2)14(3)20-15(18)4/h6-10,13-15,17-19H,5,11-12H2,1-4H3. The van der Waals surface area contributed by atoms with Gasteiger partial charge in [-0.3, -0.25) is 0 Å². The summed E-state index contributed by atoms with van der Waals surface area (Å²) in [6.07, 6.45) is 3.07. The maximum atomic E-state index is 6.03. The average Bonchev–Trinajstić information content (AvgIpc) is 2.70. The van der Waals surface area contributed by atoms with Gasteiger partial charge in [0.05, 0.1) is 12.2 Å². The van der Waals surface area contributed by atoms with Gasteiger partial charge >= 0.3 is 0 Å². The molecule has 0 bridgehead atoms. The van der Waals surface area contributed by atoms with E-state index in [1.54, 1.807) is 0 Å². The van der Waals surface area contributed by atoms with Crippen LogP contribution in [-0.2, 0) is 11.2 Å². The number of aryl methyl sites for hydroxylation is 1. The lowest BCUT2D eigenvalue weighted by molar-refractivity contribution is 0.0473. The molecule has 1 fully saturated rings. The lowest BCUT2D eigenvalue weighted by Crippen LogP contribution is -2.42. The zero-order valence-corrected chi connectivity index (χ0v) is 13.3. The van der Waals surface area contributed by atoms with Crippen molar-refractivity contribution in [3.05, 3.63) is 35.9 Å². The lowest BCUT2D eigenvalue weighted by atomic mass is 9.81. The van der Waals surface area contributed by atoms with Crippen molar-refractivity contribution in [2.75, 3.05) is 6.54 Å². The highest BCUT2D eigenvalue weighted by atomic mass is 16.5. The quantitative estimate of drug-likeness (QED) is 0.855. The molecule has 0 amide bonds. The summed E-state index contributed by atoms with van der Waals surface area (Å²) >= 11 is 0. The molecule has 5 unspecified atom stereocenters. The molecule has 5 atom stereocenters. The number of benzene rings is 1. The van der Waals surface area contributed by atoms with Gasteiger partial charge in [-0.2, -0.15) is 0 Å². The third kappa shape index (κ3) is 3.62. The minimum atomic E-state index is 0.361. The van der Waals surface area contributed by atoms with E-state index >= 15 is 0 Å². The summed E-state index contributed by atoms with van der Waals surface area (Å²) in [5.74, 6) is 1.25. The van der Waals surface area contributed by atoms with Crippen molar-refractivity contribution in [1.29, 1.82) is 0 Å². The monoisotopic (exact) mass is 275 g/mol. The summed E-state index contributed by atoms with van der Waals surface area (Å²) in [6, 6.07) is 11.3. The Kier molecular flexibility index (Phi) is 5.62. The molecule has 1 N–H and O–H groups in total. The van der Waals surface area contributed by atoms with Gasteiger partial charge in [-0.05, 0) is 44.7 Å². The van der Waals surface area contributed by atoms with E-state index in [0.717, 1.165) is 13.0 Å². The van der Waals surface area contributed by atoms with Crippen molar-refractivity contribution in [3.63, 3.8) is 0 Å². The van der Waals surface area contributed by atoms with E-state index in [1.165, 1.54) is 12.0 Å². The number of rotatable bonds is 6. The fraction of sp³-hybridized carbons (Fsp3) is 0.667. The van der Waals surface area contributed by atoms with Crippen LogP contribution in [0.5, 0.6) is 0 Å². The topological polar surface area (TPSA) is 21.3 Å². The van der Waals surface area contributed by atoms with Crippen molar-refractivity contribution in [2.45, 2.75) is 58.8 Å². The van der Waals surface area contributed by atoms with Crippen LogP contribution in [0.15, 0.2) is 30.3 Å². The molecule has 2 heteroatoms. The van der Waals surface area contributed by atoms with E-state index in [4.69, 9.17) is 4.74 Å². The molecule has 0 saturated carbocycles. The first kappa shape index (κ1) is 15.5. The van der Waals surface area contributed by atoms with E-state index in [2.05, 4.69) is 63.3 Å². The first-order valence-electron chi connectivity index (χ1n) is 8.06. The Labute approximate surface area is 123 Å². The van der Waals surface area contributed by atoms with Gasteiger partial charge < -0.3 is 10.1 Å². The SMILES string of the molecule is CCNC(CCc1ccccc1)C1C(C)OC(C)C1C. The summed E-state index contributed by atoms with van der Waals surface area (Å²) in [5.41, 5.74) is 1.43. The van der Waals surface area contributed by atoms with Crippen LogP contribution in [0.4, 0.5) is 0 Å². The molecule has 1 aliphatic heterocycles. The number of ether oxygens (including phenoxy) is 1. The molecule has 112 valence electrons.